The number of urea groups is 1. The van der Waals surface area contributed by atoms with Crippen molar-refractivity contribution in [2.75, 3.05) is 19.6 Å². The second kappa shape index (κ2) is 6.64. The van der Waals surface area contributed by atoms with Crippen LogP contribution in [-0.2, 0) is 4.79 Å². The zero-order valence-corrected chi connectivity index (χ0v) is 13.5. The molecule has 2 unspecified atom stereocenters. The van der Waals surface area contributed by atoms with Crippen LogP contribution >= 0.6 is 0 Å². The van der Waals surface area contributed by atoms with Crippen molar-refractivity contribution in [2.45, 2.75) is 52.6 Å². The van der Waals surface area contributed by atoms with Crippen LogP contribution in [-0.4, -0.2) is 52.3 Å². The minimum atomic E-state index is -1.94. The molecule has 6 heteroatoms. The van der Waals surface area contributed by atoms with Gasteiger partial charge in [0, 0.05) is 13.1 Å². The van der Waals surface area contributed by atoms with Crippen LogP contribution in [0, 0.1) is 11.3 Å². The number of hydrogen-bond donors (Lipinski definition) is 3. The maximum absolute atomic E-state index is 12.1. The van der Waals surface area contributed by atoms with Crippen LogP contribution < -0.4 is 5.32 Å². The van der Waals surface area contributed by atoms with Gasteiger partial charge >= 0.3 is 12.0 Å². The molecule has 0 bridgehead atoms. The van der Waals surface area contributed by atoms with E-state index in [1.54, 1.807) is 4.90 Å². The summed E-state index contributed by atoms with van der Waals surface area (Å²) >= 11 is 0. The minimum absolute atomic E-state index is 0.236. The minimum Gasteiger partial charge on any atom is -0.479 e. The number of aliphatic hydroxyl groups is 1. The van der Waals surface area contributed by atoms with Crippen molar-refractivity contribution in [3.63, 3.8) is 0 Å². The van der Waals surface area contributed by atoms with Crippen molar-refractivity contribution in [3.8, 4) is 0 Å². The van der Waals surface area contributed by atoms with Gasteiger partial charge in [0.05, 0.1) is 6.54 Å². The molecule has 0 saturated carbocycles. The number of hydrogen-bond acceptors (Lipinski definition) is 3. The number of likely N-dealkylation sites (tertiary alicyclic amines) is 1. The Labute approximate surface area is 126 Å². The zero-order chi connectivity index (χ0) is 16.3. The van der Waals surface area contributed by atoms with Crippen LogP contribution in [0.1, 0.15) is 47.0 Å². The normalized spacial score (nSPS) is 23.1. The molecule has 0 aromatic carbocycles. The summed E-state index contributed by atoms with van der Waals surface area (Å²) in [5.74, 6) is -0.760. The van der Waals surface area contributed by atoms with Crippen molar-refractivity contribution in [1.29, 1.82) is 0 Å². The van der Waals surface area contributed by atoms with E-state index >= 15 is 0 Å². The Kier molecular flexibility index (Phi) is 5.61. The van der Waals surface area contributed by atoms with Crippen LogP contribution in [0.15, 0.2) is 0 Å². The van der Waals surface area contributed by atoms with Gasteiger partial charge in [0.15, 0.2) is 5.60 Å². The maximum atomic E-state index is 12.1. The van der Waals surface area contributed by atoms with E-state index in [1.807, 2.05) is 0 Å². The van der Waals surface area contributed by atoms with Crippen molar-refractivity contribution in [3.05, 3.63) is 0 Å². The van der Waals surface area contributed by atoms with E-state index in [9.17, 15) is 14.7 Å². The van der Waals surface area contributed by atoms with Crippen LogP contribution in [0.2, 0.25) is 0 Å². The quantitative estimate of drug-likeness (QED) is 0.739. The summed E-state index contributed by atoms with van der Waals surface area (Å²) in [6.45, 7) is 8.89. The number of nitrogens with one attached hydrogen (secondary N) is 1. The van der Waals surface area contributed by atoms with Crippen molar-refractivity contribution >= 4 is 12.0 Å². The molecule has 21 heavy (non-hydrogen) atoms. The first-order chi connectivity index (χ1) is 9.54. The summed E-state index contributed by atoms with van der Waals surface area (Å²) in [7, 11) is 0. The summed E-state index contributed by atoms with van der Waals surface area (Å²) in [4.78, 5) is 24.6. The van der Waals surface area contributed by atoms with Crippen LogP contribution in [0.5, 0.6) is 0 Å². The molecule has 3 N–H and O–H groups in total. The molecule has 1 aliphatic heterocycles. The van der Waals surface area contributed by atoms with Gasteiger partial charge in [0.25, 0.3) is 0 Å². The Bertz CT molecular complexity index is 388. The smallest absolute Gasteiger partial charge is 0.337 e. The molecule has 122 valence electrons. The second-order valence-corrected chi connectivity index (χ2v) is 7.22. The van der Waals surface area contributed by atoms with E-state index in [0.29, 0.717) is 19.0 Å². The van der Waals surface area contributed by atoms with E-state index in [1.165, 1.54) is 6.92 Å². The molecule has 2 amide bonds. The van der Waals surface area contributed by atoms with Crippen LogP contribution in [0.25, 0.3) is 0 Å². The number of amides is 2. The molecule has 1 rings (SSSR count). The van der Waals surface area contributed by atoms with Crippen LogP contribution in [0.3, 0.4) is 0 Å². The summed E-state index contributed by atoms with van der Waals surface area (Å²) in [5, 5.41) is 20.9. The highest BCUT2D eigenvalue weighted by atomic mass is 16.4. The average Bonchev–Trinajstić information content (AvgIpc) is 2.61. The van der Waals surface area contributed by atoms with E-state index in [4.69, 9.17) is 5.11 Å². The molecule has 1 heterocycles. The van der Waals surface area contributed by atoms with E-state index in [2.05, 4.69) is 26.1 Å². The van der Waals surface area contributed by atoms with Gasteiger partial charge in [-0.05, 0) is 37.5 Å². The predicted octanol–water partition coefficient (Wildman–Crippen LogP) is 1.68. The Balaban J connectivity index is 2.51. The highest BCUT2D eigenvalue weighted by molar-refractivity contribution is 5.79. The SMILES string of the molecule is CC(O)(CNC(=O)N1CCCC(C(C)(C)C)CC1)C(=O)O. The summed E-state index contributed by atoms with van der Waals surface area (Å²) in [5.41, 5.74) is -1.70. The third-order valence-electron chi connectivity index (χ3n) is 4.28. The molecule has 6 nitrogen and oxygen atoms in total. The monoisotopic (exact) mass is 300 g/mol. The molecule has 1 aliphatic rings. The number of rotatable bonds is 3. The van der Waals surface area contributed by atoms with Crippen LogP contribution in [0.4, 0.5) is 4.79 Å². The van der Waals surface area contributed by atoms with Gasteiger partial charge in [-0.1, -0.05) is 20.8 Å². The molecule has 0 aromatic rings. The zero-order valence-electron chi connectivity index (χ0n) is 13.5. The van der Waals surface area contributed by atoms with E-state index in [0.717, 1.165) is 19.3 Å². The fourth-order valence-electron chi connectivity index (χ4n) is 2.60. The first-order valence-corrected chi connectivity index (χ1v) is 7.52. The average molecular weight is 300 g/mol. The van der Waals surface area contributed by atoms with Gasteiger partial charge in [-0.15, -0.1) is 0 Å². The van der Waals surface area contributed by atoms with Crippen molar-refractivity contribution in [1.82, 2.24) is 10.2 Å². The van der Waals surface area contributed by atoms with Crippen molar-refractivity contribution in [2.24, 2.45) is 11.3 Å². The fraction of sp³-hybridized carbons (Fsp3) is 0.867. The Hall–Kier alpha value is -1.30. The Morgan fingerprint density at radius 2 is 1.81 bits per heavy atom. The predicted molar refractivity (Wildman–Crippen MR) is 80.0 cm³/mol. The molecule has 0 spiro atoms. The molecule has 1 saturated heterocycles. The maximum Gasteiger partial charge on any atom is 0.337 e. The topological polar surface area (TPSA) is 89.9 Å². The summed E-state index contributed by atoms with van der Waals surface area (Å²) < 4.78 is 0. The number of carboxylic acid groups (broad SMARTS) is 1. The fourth-order valence-corrected chi connectivity index (χ4v) is 2.60. The third kappa shape index (κ3) is 5.19. The number of carbonyl (C=O) groups is 2. The summed E-state index contributed by atoms with van der Waals surface area (Å²) in [6.07, 6.45) is 3.00. The van der Waals surface area contributed by atoms with Gasteiger partial charge in [0.2, 0.25) is 0 Å². The second-order valence-electron chi connectivity index (χ2n) is 7.22. The molecule has 0 aliphatic carbocycles. The lowest BCUT2D eigenvalue weighted by Crippen LogP contribution is -2.50. The molecular weight excluding hydrogens is 272 g/mol. The third-order valence-corrected chi connectivity index (χ3v) is 4.28. The summed E-state index contributed by atoms with van der Waals surface area (Å²) in [6, 6.07) is -0.300. The first-order valence-electron chi connectivity index (χ1n) is 7.52. The number of aliphatic carboxylic acids is 1. The van der Waals surface area contributed by atoms with E-state index < -0.39 is 11.6 Å². The molecule has 1 fully saturated rings. The number of carboxylic acids is 1. The van der Waals surface area contributed by atoms with Gasteiger partial charge in [-0.3, -0.25) is 0 Å². The lowest BCUT2D eigenvalue weighted by molar-refractivity contribution is -0.155. The number of nitrogens with zero attached hydrogens (tertiary/aromatic N) is 1. The Morgan fingerprint density at radius 3 is 2.33 bits per heavy atom. The van der Waals surface area contributed by atoms with Gasteiger partial charge in [-0.2, -0.15) is 0 Å². The highest BCUT2D eigenvalue weighted by Crippen LogP contribution is 2.34. The van der Waals surface area contributed by atoms with Crippen molar-refractivity contribution < 1.29 is 19.8 Å². The highest BCUT2D eigenvalue weighted by Gasteiger charge is 2.32. The van der Waals surface area contributed by atoms with Gasteiger partial charge in [0.1, 0.15) is 0 Å². The first kappa shape index (κ1) is 17.8. The lowest BCUT2D eigenvalue weighted by Gasteiger charge is -2.30. The van der Waals surface area contributed by atoms with Gasteiger partial charge < -0.3 is 20.4 Å². The standard InChI is InChI=1S/C15H28N2O4/c1-14(2,3)11-6-5-8-17(9-7-11)13(20)16-10-15(4,21)12(18)19/h11,21H,5-10H2,1-4H3,(H,16,20)(H,18,19). The lowest BCUT2D eigenvalue weighted by atomic mass is 9.77. The number of carbonyl (C=O) groups excluding carboxylic acids is 1. The Morgan fingerprint density at radius 1 is 1.19 bits per heavy atom. The largest absolute Gasteiger partial charge is 0.479 e. The molecule has 0 aromatic heterocycles. The van der Waals surface area contributed by atoms with Gasteiger partial charge in [-0.25, -0.2) is 9.59 Å². The molecular formula is C15H28N2O4. The molecule has 2 atom stereocenters. The van der Waals surface area contributed by atoms with E-state index in [-0.39, 0.29) is 18.0 Å². The molecule has 0 radical (unpaired) electrons.